The van der Waals surface area contributed by atoms with E-state index < -0.39 is 30.1 Å². The number of aliphatic hydroxyl groups excluding tert-OH is 2. The summed E-state index contributed by atoms with van der Waals surface area (Å²) in [5.74, 6) is -0.697. The van der Waals surface area contributed by atoms with Gasteiger partial charge in [-0.25, -0.2) is 4.79 Å². The Kier molecular flexibility index (Phi) is 19.0. The molecule has 12 nitrogen and oxygen atoms in total. The van der Waals surface area contributed by atoms with Gasteiger partial charge in [0.1, 0.15) is 17.5 Å². The van der Waals surface area contributed by atoms with E-state index in [-0.39, 0.29) is 49.4 Å². The number of ether oxygens (including phenoxy) is 4. The van der Waals surface area contributed by atoms with Gasteiger partial charge in [-0.2, -0.15) is 0 Å². The minimum atomic E-state index is -1.31. The molecule has 3 fully saturated rings. The number of unbranched alkanes of at least 4 members (excludes halogenated alkanes) is 11. The third kappa shape index (κ3) is 12.4. The van der Waals surface area contributed by atoms with Crippen LogP contribution in [0, 0.1) is 23.7 Å². The third-order valence-electron chi connectivity index (χ3n) is 13.8. The van der Waals surface area contributed by atoms with Crippen molar-refractivity contribution >= 4 is 17.7 Å². The topological polar surface area (TPSA) is 148 Å². The standard InChI is InChI=1S/C50H77N3O9/c1-4-6-7-8-9-10-11-12-13-17-28-51-49(57)60-38-26-27-43-41(34-38)46-39(22-15-19-30-55)37(21-14-18-29-54)33-40-42(52-62-45-23-16-20-32-58-45)35-44(53(3)48(56)36-24-25-36)50(61-43,47(40)46)59-31-5-2/h5,26-27,33-34,36-37,39,44-47,54-55H,2,4,6-25,28-32,35H2,1,3H3,(H,51,57)/t37-,39+,44-,45?,46+,47+,50+/m0/s1. The van der Waals surface area contributed by atoms with Crippen molar-refractivity contribution < 1.29 is 43.6 Å². The second-order valence-electron chi connectivity index (χ2n) is 18.4. The Morgan fingerprint density at radius 2 is 1.68 bits per heavy atom. The van der Waals surface area contributed by atoms with Crippen LogP contribution in [-0.2, 0) is 19.1 Å². The molecule has 3 aliphatic carbocycles. The first kappa shape index (κ1) is 48.0. The molecular formula is C50H77N3O9. The quantitative estimate of drug-likeness (QED) is 0.0447. The van der Waals surface area contributed by atoms with Gasteiger partial charge in [-0.05, 0) is 93.4 Å². The molecule has 2 amide bonds. The zero-order valence-corrected chi connectivity index (χ0v) is 37.9. The number of nitrogens with one attached hydrogen (secondary N) is 1. The molecule has 0 aromatic heterocycles. The molecule has 1 saturated heterocycles. The van der Waals surface area contributed by atoms with Crippen LogP contribution < -0.4 is 14.8 Å². The van der Waals surface area contributed by atoms with Crippen LogP contribution in [0.1, 0.15) is 160 Å². The average Bonchev–Trinajstić information content (AvgIpc) is 4.14. The van der Waals surface area contributed by atoms with E-state index in [0.717, 1.165) is 87.5 Å². The van der Waals surface area contributed by atoms with Gasteiger partial charge in [-0.1, -0.05) is 94.9 Å². The molecule has 1 aromatic rings. The molecule has 62 heavy (non-hydrogen) atoms. The number of benzene rings is 1. The van der Waals surface area contributed by atoms with Gasteiger partial charge in [-0.3, -0.25) is 4.79 Å². The van der Waals surface area contributed by atoms with Crippen LogP contribution in [0.4, 0.5) is 4.79 Å². The normalized spacial score (nSPS) is 27.0. The molecule has 0 bridgehead atoms. The van der Waals surface area contributed by atoms with Crippen molar-refractivity contribution in [2.24, 2.45) is 28.8 Å². The largest absolute Gasteiger partial charge is 0.459 e. The molecule has 2 aliphatic heterocycles. The van der Waals surface area contributed by atoms with E-state index in [2.05, 4.69) is 24.9 Å². The molecule has 0 spiro atoms. The summed E-state index contributed by atoms with van der Waals surface area (Å²) in [6, 6.07) is 5.06. The number of carbonyl (C=O) groups is 2. The first-order valence-electron chi connectivity index (χ1n) is 24.4. The number of likely N-dealkylation sites (N-methyl/N-ethyl adjacent to an activating group) is 1. The zero-order valence-electron chi connectivity index (χ0n) is 37.9. The Morgan fingerprint density at radius 3 is 2.35 bits per heavy atom. The van der Waals surface area contributed by atoms with Crippen molar-refractivity contribution in [3.8, 4) is 11.5 Å². The number of oxime groups is 1. The van der Waals surface area contributed by atoms with Crippen LogP contribution in [0.15, 0.2) is 47.7 Å². The molecule has 5 aliphatic rings. The smallest absolute Gasteiger partial charge is 0.412 e. The van der Waals surface area contributed by atoms with E-state index in [9.17, 15) is 19.8 Å². The van der Waals surface area contributed by atoms with Crippen LogP contribution in [0.3, 0.4) is 0 Å². The summed E-state index contributed by atoms with van der Waals surface area (Å²) in [6.07, 6.45) is 24.8. The van der Waals surface area contributed by atoms with Gasteiger partial charge in [-0.15, -0.1) is 6.58 Å². The van der Waals surface area contributed by atoms with Gasteiger partial charge in [0, 0.05) is 57.0 Å². The number of amides is 2. The highest BCUT2D eigenvalue weighted by molar-refractivity contribution is 6.03. The summed E-state index contributed by atoms with van der Waals surface area (Å²) in [7, 11) is 1.86. The van der Waals surface area contributed by atoms with Gasteiger partial charge in [0.05, 0.1) is 24.8 Å². The lowest BCUT2D eigenvalue weighted by Crippen LogP contribution is -2.69. The highest BCUT2D eigenvalue weighted by atomic mass is 16.8. The van der Waals surface area contributed by atoms with Crippen LogP contribution in [0.25, 0.3) is 0 Å². The molecule has 2 saturated carbocycles. The zero-order chi connectivity index (χ0) is 43.7. The number of fused-ring (bicyclic) bond motifs is 2. The number of hydrogen-bond donors (Lipinski definition) is 3. The molecule has 12 heteroatoms. The van der Waals surface area contributed by atoms with E-state index in [1.54, 1.807) is 12.1 Å². The Balaban J connectivity index is 1.33. The van der Waals surface area contributed by atoms with Gasteiger partial charge in [0.2, 0.25) is 18.0 Å². The van der Waals surface area contributed by atoms with E-state index in [1.807, 2.05) is 24.1 Å². The molecule has 2 heterocycles. The summed E-state index contributed by atoms with van der Waals surface area (Å²) in [5, 5.41) is 27.7. The van der Waals surface area contributed by atoms with Crippen LogP contribution >= 0.6 is 0 Å². The number of aliphatic hydroxyl groups is 2. The van der Waals surface area contributed by atoms with E-state index in [0.29, 0.717) is 43.9 Å². The fraction of sp³-hybridized carbons (Fsp3) is 0.740. The summed E-state index contributed by atoms with van der Waals surface area (Å²) in [4.78, 5) is 35.4. The first-order chi connectivity index (χ1) is 30.3. The molecule has 346 valence electrons. The number of carbonyl (C=O) groups excluding carboxylic acids is 2. The van der Waals surface area contributed by atoms with Crippen molar-refractivity contribution in [3.63, 3.8) is 0 Å². The third-order valence-corrected chi connectivity index (χ3v) is 13.8. The predicted molar refractivity (Wildman–Crippen MR) is 241 cm³/mol. The highest BCUT2D eigenvalue weighted by Gasteiger charge is 2.65. The van der Waals surface area contributed by atoms with Crippen molar-refractivity contribution in [1.82, 2.24) is 10.2 Å². The fourth-order valence-corrected chi connectivity index (χ4v) is 10.4. The van der Waals surface area contributed by atoms with Gasteiger partial charge in [0.25, 0.3) is 0 Å². The summed E-state index contributed by atoms with van der Waals surface area (Å²) in [6.45, 7) is 7.85. The van der Waals surface area contributed by atoms with E-state index >= 15 is 0 Å². The van der Waals surface area contributed by atoms with Gasteiger partial charge >= 0.3 is 6.09 Å². The molecule has 7 atom stereocenters. The second kappa shape index (κ2) is 24.6. The first-order valence-corrected chi connectivity index (χ1v) is 24.4. The van der Waals surface area contributed by atoms with E-state index in [4.69, 9.17) is 28.9 Å². The molecule has 1 unspecified atom stereocenters. The monoisotopic (exact) mass is 864 g/mol. The van der Waals surface area contributed by atoms with Crippen LogP contribution in [0.2, 0.25) is 0 Å². The lowest BCUT2D eigenvalue weighted by Gasteiger charge is -2.59. The molecule has 1 aromatic carbocycles. The van der Waals surface area contributed by atoms with Crippen molar-refractivity contribution in [2.45, 2.75) is 172 Å². The minimum absolute atomic E-state index is 0.0307. The van der Waals surface area contributed by atoms with E-state index in [1.165, 1.54) is 51.4 Å². The summed E-state index contributed by atoms with van der Waals surface area (Å²) in [5.41, 5.74) is 2.63. The van der Waals surface area contributed by atoms with Crippen molar-refractivity contribution in [2.75, 3.05) is 40.0 Å². The van der Waals surface area contributed by atoms with Crippen LogP contribution in [0.5, 0.6) is 11.5 Å². The fourth-order valence-electron chi connectivity index (χ4n) is 10.4. The number of hydrogen-bond acceptors (Lipinski definition) is 10. The Hall–Kier alpha value is -3.45. The maximum Gasteiger partial charge on any atom is 0.412 e. The average molecular weight is 864 g/mol. The molecule has 0 radical (unpaired) electrons. The SMILES string of the molecule is C=CCO[C@@]12Oc3ccc(OC(=O)NCCCCCCCCCCCC)cc3[C@H]3[C@H](CCCCO)[C@@H](CCCCO)C=C(C(=NOC4CCCCO4)C[C@@H]1N(C)C(=O)C1CC1)[C@H]32. The Morgan fingerprint density at radius 1 is 0.952 bits per heavy atom. The summed E-state index contributed by atoms with van der Waals surface area (Å²) < 4.78 is 26.2. The maximum absolute atomic E-state index is 14.1. The molecule has 3 N–H and O–H groups in total. The number of nitrogens with zero attached hydrogens (tertiary/aromatic N) is 2. The maximum atomic E-state index is 14.1. The van der Waals surface area contributed by atoms with Crippen LogP contribution in [-0.4, -0.2) is 91.0 Å². The summed E-state index contributed by atoms with van der Waals surface area (Å²) >= 11 is 0. The Bertz CT molecular complexity index is 1640. The lowest BCUT2D eigenvalue weighted by molar-refractivity contribution is -0.256. The molecule has 6 rings (SSSR count). The minimum Gasteiger partial charge on any atom is -0.459 e. The Labute approximate surface area is 371 Å². The van der Waals surface area contributed by atoms with Crippen molar-refractivity contribution in [3.05, 3.63) is 48.1 Å². The van der Waals surface area contributed by atoms with Crippen molar-refractivity contribution in [1.29, 1.82) is 0 Å². The number of rotatable bonds is 27. The molecular weight excluding hydrogens is 787 g/mol. The van der Waals surface area contributed by atoms with Gasteiger partial charge in [0.15, 0.2) is 0 Å². The lowest BCUT2D eigenvalue weighted by atomic mass is 9.55. The number of allylic oxidation sites excluding steroid dienone is 1. The second-order valence-corrected chi connectivity index (χ2v) is 18.4. The highest BCUT2D eigenvalue weighted by Crippen LogP contribution is 2.62. The van der Waals surface area contributed by atoms with Gasteiger partial charge < -0.3 is 44.2 Å². The predicted octanol–water partition coefficient (Wildman–Crippen LogP) is 9.72.